The van der Waals surface area contributed by atoms with Crippen molar-refractivity contribution in [3.8, 4) is 11.5 Å². The molecule has 144 valence electrons. The lowest BCUT2D eigenvalue weighted by atomic mass is 10.1. The number of rotatable bonds is 6. The van der Waals surface area contributed by atoms with E-state index in [1.807, 2.05) is 18.3 Å². The van der Waals surface area contributed by atoms with Crippen molar-refractivity contribution < 1.29 is 0 Å². The third-order valence-electron chi connectivity index (χ3n) is 5.72. The maximum Gasteiger partial charge on any atom is 0.146 e. The summed E-state index contributed by atoms with van der Waals surface area (Å²) in [6.07, 6.45) is 1.85. The summed E-state index contributed by atoms with van der Waals surface area (Å²) in [6.45, 7) is 17.2. The molecule has 27 heavy (non-hydrogen) atoms. The van der Waals surface area contributed by atoms with E-state index in [0.717, 1.165) is 23.6 Å². The zero-order valence-electron chi connectivity index (χ0n) is 18.0. The zero-order chi connectivity index (χ0) is 20.0. The minimum absolute atomic E-state index is 0.634. The molecule has 3 heteroatoms. The lowest BCUT2D eigenvalue weighted by Crippen LogP contribution is -2.43. The fourth-order valence-corrected chi connectivity index (χ4v) is 9.61. The van der Waals surface area contributed by atoms with E-state index in [-0.39, 0.29) is 0 Å². The van der Waals surface area contributed by atoms with Crippen LogP contribution in [0.15, 0.2) is 48.7 Å². The Morgan fingerprint density at radius 1 is 0.889 bits per heavy atom. The fraction of sp³-hybridized carbons (Fsp3) is 0.458. The van der Waals surface area contributed by atoms with Gasteiger partial charge >= 0.3 is 0 Å². The van der Waals surface area contributed by atoms with E-state index in [0.29, 0.717) is 16.6 Å². The van der Waals surface area contributed by atoms with Crippen molar-refractivity contribution in [1.29, 1.82) is 0 Å². The molecule has 0 saturated heterocycles. The van der Waals surface area contributed by atoms with E-state index in [2.05, 4.69) is 100 Å². The Morgan fingerprint density at radius 2 is 1.48 bits per heavy atom. The van der Waals surface area contributed by atoms with Crippen LogP contribution >= 0.6 is 0 Å². The molecule has 2 nitrogen and oxygen atoms in total. The van der Waals surface area contributed by atoms with Crippen LogP contribution in [0.2, 0.25) is 16.6 Å². The summed E-state index contributed by atoms with van der Waals surface area (Å²) in [5.74, 6) is 4.59. The number of anilines is 2. The number of pyridine rings is 1. The molecule has 0 bridgehead atoms. The topological polar surface area (TPSA) is 16.1 Å². The van der Waals surface area contributed by atoms with E-state index < -0.39 is 8.07 Å². The van der Waals surface area contributed by atoms with Crippen LogP contribution in [0.3, 0.4) is 0 Å². The first-order chi connectivity index (χ1) is 12.8. The Balaban J connectivity index is 2.55. The van der Waals surface area contributed by atoms with Gasteiger partial charge in [-0.1, -0.05) is 65.7 Å². The molecule has 0 radical (unpaired) electrons. The molecule has 0 fully saturated rings. The van der Waals surface area contributed by atoms with Crippen molar-refractivity contribution >= 4 is 19.6 Å². The minimum Gasteiger partial charge on any atom is -0.326 e. The Bertz CT molecular complexity index is 763. The van der Waals surface area contributed by atoms with Crippen molar-refractivity contribution in [2.45, 2.75) is 65.1 Å². The van der Waals surface area contributed by atoms with Gasteiger partial charge in [0.1, 0.15) is 13.9 Å². The van der Waals surface area contributed by atoms with E-state index in [9.17, 15) is 0 Å². The number of hydrogen-bond acceptors (Lipinski definition) is 2. The highest BCUT2D eigenvalue weighted by atomic mass is 28.3. The standard InChI is InChI=1S/C24H34N2Si/c1-8-26(24-15-11-12-17-25-24)23-14-10-9-13-22(23)16-18-27(19(2)3,20(4)5)21(6)7/h9-15,17,19-21H,8H2,1-7H3. The van der Waals surface area contributed by atoms with Gasteiger partial charge in [-0.25, -0.2) is 4.98 Å². The monoisotopic (exact) mass is 378 g/mol. The molecule has 0 atom stereocenters. The maximum absolute atomic E-state index is 4.55. The average molecular weight is 379 g/mol. The molecule has 1 aromatic heterocycles. The van der Waals surface area contributed by atoms with Gasteiger partial charge in [0, 0.05) is 18.3 Å². The maximum atomic E-state index is 4.55. The number of para-hydroxylation sites is 1. The van der Waals surface area contributed by atoms with Crippen molar-refractivity contribution in [2.75, 3.05) is 11.4 Å². The van der Waals surface area contributed by atoms with Gasteiger partial charge in [-0.3, -0.25) is 0 Å². The number of benzene rings is 1. The number of hydrogen-bond donors (Lipinski definition) is 0. The summed E-state index contributed by atoms with van der Waals surface area (Å²) >= 11 is 0. The Kier molecular flexibility index (Phi) is 7.27. The SMILES string of the molecule is CCN(c1ccccn1)c1ccccc1C#C[Si](C(C)C)(C(C)C)C(C)C. The van der Waals surface area contributed by atoms with Gasteiger partial charge in [0.2, 0.25) is 0 Å². The molecule has 0 spiro atoms. The van der Waals surface area contributed by atoms with Crippen molar-refractivity contribution in [3.63, 3.8) is 0 Å². The van der Waals surface area contributed by atoms with Gasteiger partial charge in [0.25, 0.3) is 0 Å². The second kappa shape index (κ2) is 9.24. The van der Waals surface area contributed by atoms with Crippen LogP contribution in [0.4, 0.5) is 11.5 Å². The molecule has 0 saturated carbocycles. The normalized spacial score (nSPS) is 11.6. The minimum atomic E-state index is -1.75. The zero-order valence-corrected chi connectivity index (χ0v) is 19.0. The van der Waals surface area contributed by atoms with E-state index in [4.69, 9.17) is 0 Å². The summed E-state index contributed by atoms with van der Waals surface area (Å²) in [4.78, 5) is 6.79. The Morgan fingerprint density at radius 3 is 2.00 bits per heavy atom. The highest BCUT2D eigenvalue weighted by molar-refractivity contribution is 6.90. The summed E-state index contributed by atoms with van der Waals surface area (Å²) in [5.41, 5.74) is 8.01. The predicted molar refractivity (Wildman–Crippen MR) is 121 cm³/mol. The van der Waals surface area contributed by atoms with Crippen LogP contribution in [0.5, 0.6) is 0 Å². The molecule has 0 aliphatic heterocycles. The second-order valence-electron chi connectivity index (χ2n) is 8.10. The van der Waals surface area contributed by atoms with Crippen LogP contribution < -0.4 is 4.90 Å². The van der Waals surface area contributed by atoms with Crippen LogP contribution in [0.1, 0.15) is 54.0 Å². The van der Waals surface area contributed by atoms with Crippen LogP contribution in [0.25, 0.3) is 0 Å². The molecule has 1 aromatic carbocycles. The molecule has 0 aliphatic rings. The molecule has 1 heterocycles. The average Bonchev–Trinajstić information content (AvgIpc) is 2.64. The van der Waals surface area contributed by atoms with Gasteiger partial charge in [0.05, 0.1) is 5.69 Å². The van der Waals surface area contributed by atoms with Gasteiger partial charge < -0.3 is 4.90 Å². The Hall–Kier alpha value is -2.05. The molecule has 0 amide bonds. The highest BCUT2D eigenvalue weighted by Gasteiger charge is 2.41. The van der Waals surface area contributed by atoms with E-state index in [1.54, 1.807) is 0 Å². The molecule has 0 unspecified atom stereocenters. The predicted octanol–water partition coefficient (Wildman–Crippen LogP) is 6.81. The third kappa shape index (κ3) is 4.44. The Labute approximate surface area is 167 Å². The van der Waals surface area contributed by atoms with Gasteiger partial charge in [-0.05, 0) is 47.8 Å². The largest absolute Gasteiger partial charge is 0.326 e. The smallest absolute Gasteiger partial charge is 0.146 e. The quantitative estimate of drug-likeness (QED) is 0.405. The third-order valence-corrected chi connectivity index (χ3v) is 12.0. The first-order valence-electron chi connectivity index (χ1n) is 10.1. The number of nitrogens with zero attached hydrogens (tertiary/aromatic N) is 2. The van der Waals surface area contributed by atoms with Crippen molar-refractivity contribution in [2.24, 2.45) is 0 Å². The fourth-order valence-electron chi connectivity index (χ4n) is 4.39. The first-order valence-corrected chi connectivity index (χ1v) is 12.4. The molecule has 0 aliphatic carbocycles. The summed E-state index contributed by atoms with van der Waals surface area (Å²) in [5, 5.41) is 0. The van der Waals surface area contributed by atoms with Crippen LogP contribution in [-0.2, 0) is 0 Å². The molecule has 2 aromatic rings. The van der Waals surface area contributed by atoms with E-state index in [1.165, 1.54) is 0 Å². The van der Waals surface area contributed by atoms with Crippen LogP contribution in [-0.4, -0.2) is 19.6 Å². The molecular formula is C24H34N2Si. The van der Waals surface area contributed by atoms with Gasteiger partial charge in [0.15, 0.2) is 0 Å². The second-order valence-corrected chi connectivity index (χ2v) is 13.7. The molecule has 0 N–H and O–H groups in total. The highest BCUT2D eigenvalue weighted by Crippen LogP contribution is 2.41. The summed E-state index contributed by atoms with van der Waals surface area (Å²) in [6, 6.07) is 14.5. The van der Waals surface area contributed by atoms with Gasteiger partial charge in [-0.2, -0.15) is 0 Å². The first kappa shape index (κ1) is 21.2. The summed E-state index contributed by atoms with van der Waals surface area (Å²) in [7, 11) is -1.75. The van der Waals surface area contributed by atoms with E-state index >= 15 is 0 Å². The summed E-state index contributed by atoms with van der Waals surface area (Å²) < 4.78 is 0. The lowest BCUT2D eigenvalue weighted by Gasteiger charge is -2.38. The lowest BCUT2D eigenvalue weighted by molar-refractivity contribution is 0.838. The molecule has 2 rings (SSSR count). The van der Waals surface area contributed by atoms with Crippen molar-refractivity contribution in [3.05, 3.63) is 54.2 Å². The van der Waals surface area contributed by atoms with Crippen LogP contribution in [0, 0.1) is 11.5 Å². The number of aromatic nitrogens is 1. The van der Waals surface area contributed by atoms with Crippen molar-refractivity contribution in [1.82, 2.24) is 4.98 Å². The van der Waals surface area contributed by atoms with Gasteiger partial charge in [-0.15, -0.1) is 5.54 Å². The molecular weight excluding hydrogens is 344 g/mol.